The van der Waals surface area contributed by atoms with E-state index in [1.807, 2.05) is 0 Å². The van der Waals surface area contributed by atoms with E-state index < -0.39 is 6.10 Å². The van der Waals surface area contributed by atoms with E-state index in [0.29, 0.717) is 19.6 Å². The topological polar surface area (TPSA) is 55.8 Å². The van der Waals surface area contributed by atoms with Crippen LogP contribution < -0.4 is 0 Å². The molecule has 4 nitrogen and oxygen atoms in total. The van der Waals surface area contributed by atoms with E-state index in [0.717, 1.165) is 19.3 Å². The van der Waals surface area contributed by atoms with E-state index in [1.54, 1.807) is 0 Å². The maximum Gasteiger partial charge on any atom is 0.306 e. The number of hydrogen-bond donors (Lipinski definition) is 1. The smallest absolute Gasteiger partial charge is 0.306 e. The SMILES string of the molecule is CCCCCCC/C=C\CCCCCCCCOCC(CO)OC(=O)CCCCCCCCCCCCCCCCCCCCCCCCCCC. The molecule has 0 heterocycles. The largest absolute Gasteiger partial charge is 0.457 e. The minimum Gasteiger partial charge on any atom is -0.457 e. The summed E-state index contributed by atoms with van der Waals surface area (Å²) in [5.41, 5.74) is 0. The Balaban J connectivity index is 3.34. The fourth-order valence-corrected chi connectivity index (χ4v) is 7.27. The van der Waals surface area contributed by atoms with Crippen LogP contribution in [0.5, 0.6) is 0 Å². The van der Waals surface area contributed by atoms with Crippen molar-refractivity contribution in [3.05, 3.63) is 12.2 Å². The van der Waals surface area contributed by atoms with Crippen molar-refractivity contribution < 1.29 is 19.4 Å². The van der Waals surface area contributed by atoms with E-state index in [9.17, 15) is 9.90 Å². The summed E-state index contributed by atoms with van der Waals surface area (Å²) in [4.78, 5) is 12.2. The lowest BCUT2D eigenvalue weighted by Gasteiger charge is -2.15. The normalized spacial score (nSPS) is 12.3. The van der Waals surface area contributed by atoms with Crippen LogP contribution in [0, 0.1) is 0 Å². The van der Waals surface area contributed by atoms with Gasteiger partial charge in [-0.25, -0.2) is 0 Å². The molecule has 0 amide bonds. The van der Waals surface area contributed by atoms with Crippen molar-refractivity contribution in [1.29, 1.82) is 0 Å². The first-order valence-electron chi connectivity index (χ1n) is 23.8. The van der Waals surface area contributed by atoms with Crippen molar-refractivity contribution in [2.75, 3.05) is 19.8 Å². The van der Waals surface area contributed by atoms with Crippen LogP contribution in [0.15, 0.2) is 12.2 Å². The molecule has 0 rings (SSSR count). The summed E-state index contributed by atoms with van der Waals surface area (Å²) in [5, 5.41) is 9.61. The fourth-order valence-electron chi connectivity index (χ4n) is 7.27. The average Bonchev–Trinajstić information content (AvgIpc) is 3.15. The van der Waals surface area contributed by atoms with Gasteiger partial charge < -0.3 is 14.6 Å². The lowest BCUT2D eigenvalue weighted by Crippen LogP contribution is -2.27. The summed E-state index contributed by atoms with van der Waals surface area (Å²) in [6.45, 7) is 5.37. The van der Waals surface area contributed by atoms with Crippen molar-refractivity contribution in [3.8, 4) is 0 Å². The molecule has 1 unspecified atom stereocenters. The number of unbranched alkanes of at least 4 members (excludes halogenated alkanes) is 35. The molecule has 0 saturated heterocycles. The summed E-state index contributed by atoms with van der Waals surface area (Å²) < 4.78 is 11.2. The number of esters is 1. The van der Waals surface area contributed by atoms with E-state index in [2.05, 4.69) is 26.0 Å². The summed E-state index contributed by atoms with van der Waals surface area (Å²) >= 11 is 0. The van der Waals surface area contributed by atoms with Crippen LogP contribution in [0.25, 0.3) is 0 Å². The number of ether oxygens (including phenoxy) is 2. The van der Waals surface area contributed by atoms with Crippen LogP contribution in [0.2, 0.25) is 0 Å². The zero-order valence-corrected chi connectivity index (χ0v) is 35.6. The number of carbonyl (C=O) groups is 1. The standard InChI is InChI=1S/C48H94O4/c1-3-5-7-9-11-13-15-17-19-20-21-22-23-24-25-26-27-28-29-31-33-35-37-39-41-43-48(50)52-47(45-49)46-51-44-42-40-38-36-34-32-30-18-16-14-12-10-8-6-4-2/h16,18,47,49H,3-15,17,19-46H2,1-2H3/b18-16-. The van der Waals surface area contributed by atoms with Crippen LogP contribution in [0.4, 0.5) is 0 Å². The van der Waals surface area contributed by atoms with E-state index in [-0.39, 0.29) is 12.6 Å². The van der Waals surface area contributed by atoms with Gasteiger partial charge in [0.2, 0.25) is 0 Å². The van der Waals surface area contributed by atoms with Crippen LogP contribution in [-0.2, 0) is 14.3 Å². The van der Waals surface area contributed by atoms with Gasteiger partial charge in [0.15, 0.2) is 0 Å². The van der Waals surface area contributed by atoms with Gasteiger partial charge >= 0.3 is 5.97 Å². The first kappa shape index (κ1) is 51.1. The molecule has 0 aliphatic carbocycles. The molecule has 0 radical (unpaired) electrons. The minimum absolute atomic E-state index is 0.168. The average molecular weight is 735 g/mol. The molecule has 0 saturated carbocycles. The Morgan fingerprint density at radius 3 is 1.10 bits per heavy atom. The second-order valence-corrected chi connectivity index (χ2v) is 16.2. The van der Waals surface area contributed by atoms with Gasteiger partial charge in [-0.05, 0) is 38.5 Å². The number of hydrogen-bond acceptors (Lipinski definition) is 4. The first-order valence-corrected chi connectivity index (χ1v) is 23.8. The number of carbonyl (C=O) groups excluding carboxylic acids is 1. The van der Waals surface area contributed by atoms with Gasteiger partial charge in [0.25, 0.3) is 0 Å². The van der Waals surface area contributed by atoms with Gasteiger partial charge in [0, 0.05) is 13.0 Å². The number of allylic oxidation sites excluding steroid dienone is 2. The molecule has 4 heteroatoms. The van der Waals surface area contributed by atoms with Gasteiger partial charge in [0.1, 0.15) is 6.10 Å². The van der Waals surface area contributed by atoms with E-state index in [4.69, 9.17) is 9.47 Å². The molecule has 0 bridgehead atoms. The van der Waals surface area contributed by atoms with Gasteiger partial charge in [0.05, 0.1) is 13.2 Å². The maximum absolute atomic E-state index is 12.2. The lowest BCUT2D eigenvalue weighted by atomic mass is 10.0. The second kappa shape index (κ2) is 46.3. The van der Waals surface area contributed by atoms with E-state index >= 15 is 0 Å². The fraction of sp³-hybridized carbons (Fsp3) is 0.938. The lowest BCUT2D eigenvalue weighted by molar-refractivity contribution is -0.154. The predicted molar refractivity (Wildman–Crippen MR) is 228 cm³/mol. The third-order valence-electron chi connectivity index (χ3n) is 10.8. The van der Waals surface area contributed by atoms with Gasteiger partial charge in [-0.2, -0.15) is 0 Å². The Kier molecular flexibility index (Phi) is 45.5. The summed E-state index contributed by atoms with van der Waals surface area (Å²) in [7, 11) is 0. The monoisotopic (exact) mass is 735 g/mol. The molecule has 0 aromatic rings. The highest BCUT2D eigenvalue weighted by atomic mass is 16.6. The van der Waals surface area contributed by atoms with Crippen molar-refractivity contribution >= 4 is 5.97 Å². The van der Waals surface area contributed by atoms with E-state index in [1.165, 1.54) is 225 Å². The third-order valence-corrected chi connectivity index (χ3v) is 10.8. The predicted octanol–water partition coefficient (Wildman–Crippen LogP) is 15.7. The number of aliphatic hydroxyl groups is 1. The summed E-state index contributed by atoms with van der Waals surface area (Å²) in [6.07, 6.45) is 55.8. The second-order valence-electron chi connectivity index (χ2n) is 16.2. The zero-order chi connectivity index (χ0) is 37.7. The van der Waals surface area contributed by atoms with Gasteiger partial charge in [-0.3, -0.25) is 4.79 Å². The molecule has 0 aliphatic rings. The van der Waals surface area contributed by atoms with Crippen molar-refractivity contribution in [2.45, 2.75) is 270 Å². The first-order chi connectivity index (χ1) is 25.7. The summed E-state index contributed by atoms with van der Waals surface area (Å²) in [6, 6.07) is 0. The summed E-state index contributed by atoms with van der Waals surface area (Å²) in [5.74, 6) is -0.196. The Bertz CT molecular complexity index is 692. The van der Waals surface area contributed by atoms with Crippen LogP contribution >= 0.6 is 0 Å². The molecule has 0 fully saturated rings. The Morgan fingerprint density at radius 1 is 0.442 bits per heavy atom. The van der Waals surface area contributed by atoms with Crippen molar-refractivity contribution in [3.63, 3.8) is 0 Å². The minimum atomic E-state index is -0.531. The van der Waals surface area contributed by atoms with Crippen molar-refractivity contribution in [2.24, 2.45) is 0 Å². The molecule has 310 valence electrons. The highest BCUT2D eigenvalue weighted by molar-refractivity contribution is 5.69. The molecule has 0 aromatic heterocycles. The molecule has 52 heavy (non-hydrogen) atoms. The highest BCUT2D eigenvalue weighted by Gasteiger charge is 2.13. The van der Waals surface area contributed by atoms with Crippen LogP contribution in [-0.4, -0.2) is 37.0 Å². The molecule has 1 atom stereocenters. The quantitative estimate of drug-likeness (QED) is 0.0384. The highest BCUT2D eigenvalue weighted by Crippen LogP contribution is 2.16. The number of rotatable bonds is 45. The molecule has 0 spiro atoms. The van der Waals surface area contributed by atoms with Crippen LogP contribution in [0.1, 0.15) is 264 Å². The molecular weight excluding hydrogens is 641 g/mol. The molecule has 0 aromatic carbocycles. The zero-order valence-electron chi connectivity index (χ0n) is 35.6. The Hall–Kier alpha value is -0.870. The Morgan fingerprint density at radius 2 is 0.750 bits per heavy atom. The van der Waals surface area contributed by atoms with Crippen LogP contribution in [0.3, 0.4) is 0 Å². The van der Waals surface area contributed by atoms with Crippen molar-refractivity contribution in [1.82, 2.24) is 0 Å². The molecular formula is C48H94O4. The van der Waals surface area contributed by atoms with Gasteiger partial charge in [-0.15, -0.1) is 0 Å². The molecule has 0 aliphatic heterocycles. The molecule has 1 N–H and O–H groups in total. The number of aliphatic hydroxyl groups excluding tert-OH is 1. The van der Waals surface area contributed by atoms with Gasteiger partial charge in [-0.1, -0.05) is 231 Å². The third kappa shape index (κ3) is 43.5. The Labute approximate surface area is 326 Å². The maximum atomic E-state index is 12.2.